The van der Waals surface area contributed by atoms with E-state index >= 15 is 0 Å². The van der Waals surface area contributed by atoms with Crippen molar-refractivity contribution in [2.24, 2.45) is 5.73 Å². The second kappa shape index (κ2) is 6.76. The average molecular weight is 365 g/mol. The lowest BCUT2D eigenvalue weighted by Gasteiger charge is -2.16. The van der Waals surface area contributed by atoms with Crippen molar-refractivity contribution in [3.05, 3.63) is 26.6 Å². The first kappa shape index (κ1) is 15.0. The molecule has 0 saturated carbocycles. The number of hydrogen-bond donors (Lipinski definition) is 1. The predicted molar refractivity (Wildman–Crippen MR) is 79.6 cm³/mol. The van der Waals surface area contributed by atoms with E-state index in [1.807, 2.05) is 13.8 Å². The molecule has 0 aliphatic rings. The van der Waals surface area contributed by atoms with Crippen LogP contribution in [0, 0.1) is 0 Å². The van der Waals surface area contributed by atoms with E-state index in [9.17, 15) is 0 Å². The van der Waals surface area contributed by atoms with Crippen molar-refractivity contribution in [2.75, 3.05) is 0 Å². The van der Waals surface area contributed by atoms with Gasteiger partial charge in [0.1, 0.15) is 5.75 Å². The molecule has 96 valence electrons. The van der Waals surface area contributed by atoms with E-state index in [2.05, 4.69) is 50.9 Å². The molecule has 0 radical (unpaired) electrons. The molecule has 0 bridgehead atoms. The lowest BCUT2D eigenvalue weighted by Crippen LogP contribution is -2.21. The van der Waals surface area contributed by atoms with Gasteiger partial charge in [-0.2, -0.15) is 0 Å². The predicted octanol–water partition coefficient (Wildman–Crippen LogP) is 4.28. The van der Waals surface area contributed by atoms with Crippen molar-refractivity contribution >= 4 is 31.9 Å². The highest BCUT2D eigenvalue weighted by Gasteiger charge is 2.11. The number of halogens is 2. The van der Waals surface area contributed by atoms with Gasteiger partial charge >= 0.3 is 0 Å². The van der Waals surface area contributed by atoms with E-state index in [1.54, 1.807) is 0 Å². The maximum atomic E-state index is 5.96. The molecule has 0 fully saturated rings. The Morgan fingerprint density at radius 2 is 1.76 bits per heavy atom. The van der Waals surface area contributed by atoms with E-state index < -0.39 is 0 Å². The van der Waals surface area contributed by atoms with Crippen molar-refractivity contribution in [1.29, 1.82) is 0 Å². The summed E-state index contributed by atoms with van der Waals surface area (Å²) in [4.78, 5) is 0. The third-order valence-corrected chi connectivity index (χ3v) is 3.61. The summed E-state index contributed by atoms with van der Waals surface area (Å²) in [7, 11) is 0. The molecule has 0 heterocycles. The zero-order chi connectivity index (χ0) is 13.0. The Morgan fingerprint density at radius 3 is 2.18 bits per heavy atom. The molecule has 1 atom stereocenters. The van der Waals surface area contributed by atoms with E-state index in [0.717, 1.165) is 27.5 Å². The van der Waals surface area contributed by atoms with Crippen LogP contribution in [0.1, 0.15) is 32.8 Å². The van der Waals surface area contributed by atoms with Gasteiger partial charge < -0.3 is 10.5 Å². The minimum absolute atomic E-state index is 0.159. The van der Waals surface area contributed by atoms with Gasteiger partial charge in [-0.1, -0.05) is 6.92 Å². The molecule has 0 aliphatic heterocycles. The first-order valence-electron chi connectivity index (χ1n) is 5.84. The molecule has 0 aliphatic carbocycles. The van der Waals surface area contributed by atoms with Crippen molar-refractivity contribution < 1.29 is 4.74 Å². The average Bonchev–Trinajstić information content (AvgIpc) is 2.23. The molecular weight excluding hydrogens is 346 g/mol. The monoisotopic (exact) mass is 363 g/mol. The Hall–Kier alpha value is -0.0600. The van der Waals surface area contributed by atoms with Gasteiger partial charge in [-0.15, -0.1) is 0 Å². The Labute approximate surface area is 120 Å². The van der Waals surface area contributed by atoms with Gasteiger partial charge in [0, 0.05) is 6.04 Å². The van der Waals surface area contributed by atoms with Crippen molar-refractivity contribution in [3.8, 4) is 5.75 Å². The summed E-state index contributed by atoms with van der Waals surface area (Å²) < 4.78 is 7.68. The number of nitrogens with two attached hydrogens (primary N) is 1. The molecule has 0 saturated heterocycles. The molecule has 17 heavy (non-hydrogen) atoms. The van der Waals surface area contributed by atoms with Crippen LogP contribution in [-0.4, -0.2) is 12.1 Å². The van der Waals surface area contributed by atoms with Gasteiger partial charge in [0.2, 0.25) is 0 Å². The highest BCUT2D eigenvalue weighted by Crippen LogP contribution is 2.35. The van der Waals surface area contributed by atoms with Gasteiger partial charge in [-0.3, -0.25) is 0 Å². The van der Waals surface area contributed by atoms with E-state index in [-0.39, 0.29) is 12.1 Å². The van der Waals surface area contributed by atoms with Crippen molar-refractivity contribution in [3.63, 3.8) is 0 Å². The molecule has 2 nitrogen and oxygen atoms in total. The summed E-state index contributed by atoms with van der Waals surface area (Å²) in [6.07, 6.45) is 2.03. The van der Waals surface area contributed by atoms with E-state index in [0.29, 0.717) is 0 Å². The van der Waals surface area contributed by atoms with Crippen LogP contribution >= 0.6 is 31.9 Å². The summed E-state index contributed by atoms with van der Waals surface area (Å²) in [6.45, 7) is 6.13. The molecular formula is C13H19Br2NO. The van der Waals surface area contributed by atoms with Gasteiger partial charge in [-0.25, -0.2) is 0 Å². The maximum absolute atomic E-state index is 5.96. The minimum Gasteiger partial charge on any atom is -0.489 e. The molecule has 0 spiro atoms. The fourth-order valence-electron chi connectivity index (χ4n) is 1.53. The fraction of sp³-hybridized carbons (Fsp3) is 0.538. The van der Waals surface area contributed by atoms with Crippen LogP contribution in [0.4, 0.5) is 0 Å². The number of ether oxygens (including phenoxy) is 1. The second-order valence-electron chi connectivity index (χ2n) is 4.43. The molecule has 0 aromatic heterocycles. The fourth-order valence-corrected chi connectivity index (χ4v) is 2.99. The summed E-state index contributed by atoms with van der Waals surface area (Å²) in [5.41, 5.74) is 7.18. The quantitative estimate of drug-likeness (QED) is 0.846. The van der Waals surface area contributed by atoms with Crippen molar-refractivity contribution in [1.82, 2.24) is 0 Å². The molecule has 1 unspecified atom stereocenters. The van der Waals surface area contributed by atoms with Crippen LogP contribution in [0.3, 0.4) is 0 Å². The Kier molecular flexibility index (Phi) is 5.97. The summed E-state index contributed by atoms with van der Waals surface area (Å²) in [6, 6.07) is 4.38. The Morgan fingerprint density at radius 1 is 1.24 bits per heavy atom. The molecule has 4 heteroatoms. The SMILES string of the molecule is CCC(N)Cc1cc(Br)c(OC(C)C)c(Br)c1. The molecule has 2 N–H and O–H groups in total. The second-order valence-corrected chi connectivity index (χ2v) is 6.14. The highest BCUT2D eigenvalue weighted by atomic mass is 79.9. The van der Waals surface area contributed by atoms with Crippen molar-refractivity contribution in [2.45, 2.75) is 45.8 Å². The largest absolute Gasteiger partial charge is 0.489 e. The first-order valence-corrected chi connectivity index (χ1v) is 7.42. The van der Waals surface area contributed by atoms with E-state index in [4.69, 9.17) is 10.5 Å². The van der Waals surface area contributed by atoms with E-state index in [1.165, 1.54) is 5.56 Å². The standard InChI is InChI=1S/C13H19Br2NO/c1-4-10(16)5-9-6-11(14)13(12(15)7-9)17-8(2)3/h6-8,10H,4-5,16H2,1-3H3. The van der Waals surface area contributed by atoms with Crippen LogP contribution in [-0.2, 0) is 6.42 Å². The molecule has 1 rings (SSSR count). The zero-order valence-corrected chi connectivity index (χ0v) is 13.6. The van der Waals surface area contributed by atoms with Gasteiger partial charge in [0.05, 0.1) is 15.0 Å². The molecule has 1 aromatic rings. The third-order valence-electron chi connectivity index (χ3n) is 2.43. The molecule has 1 aromatic carbocycles. The van der Waals surface area contributed by atoms with Crippen LogP contribution in [0.15, 0.2) is 21.1 Å². The van der Waals surface area contributed by atoms with Gasteiger partial charge in [-0.05, 0) is 76.2 Å². The topological polar surface area (TPSA) is 35.2 Å². The Balaban J connectivity index is 2.92. The molecule has 0 amide bonds. The number of hydrogen-bond acceptors (Lipinski definition) is 2. The number of benzene rings is 1. The lowest BCUT2D eigenvalue weighted by atomic mass is 10.0. The minimum atomic E-state index is 0.159. The van der Waals surface area contributed by atoms with Gasteiger partial charge in [0.25, 0.3) is 0 Å². The van der Waals surface area contributed by atoms with Crippen LogP contribution in [0.25, 0.3) is 0 Å². The highest BCUT2D eigenvalue weighted by molar-refractivity contribution is 9.11. The zero-order valence-electron chi connectivity index (χ0n) is 10.5. The summed E-state index contributed by atoms with van der Waals surface area (Å²) in [5, 5.41) is 0. The van der Waals surface area contributed by atoms with Crippen LogP contribution < -0.4 is 10.5 Å². The summed E-state index contributed by atoms with van der Waals surface area (Å²) >= 11 is 7.08. The van der Waals surface area contributed by atoms with Crippen LogP contribution in [0.5, 0.6) is 5.75 Å². The third kappa shape index (κ3) is 4.60. The number of rotatable bonds is 5. The lowest BCUT2D eigenvalue weighted by molar-refractivity contribution is 0.239. The normalized spacial score (nSPS) is 12.9. The summed E-state index contributed by atoms with van der Waals surface area (Å²) in [5.74, 6) is 0.855. The van der Waals surface area contributed by atoms with Gasteiger partial charge in [0.15, 0.2) is 0 Å². The van der Waals surface area contributed by atoms with Crippen LogP contribution in [0.2, 0.25) is 0 Å². The first-order chi connectivity index (χ1) is 7.93. The Bertz CT molecular complexity index is 357. The maximum Gasteiger partial charge on any atom is 0.148 e. The smallest absolute Gasteiger partial charge is 0.148 e.